The molecule has 0 radical (unpaired) electrons. The predicted octanol–water partition coefficient (Wildman–Crippen LogP) is 3.54. The Hall–Kier alpha value is -2.82. The fraction of sp³-hybridized carbons (Fsp3) is 0.100. The number of benzene rings is 3. The molecule has 0 aromatic heterocycles. The van der Waals surface area contributed by atoms with Gasteiger partial charge in [0.05, 0.1) is 5.69 Å². The van der Waals surface area contributed by atoms with E-state index >= 15 is 0 Å². The summed E-state index contributed by atoms with van der Waals surface area (Å²) in [5.41, 5.74) is 17.4. The molecule has 2 atom stereocenters. The normalized spacial score (nSPS) is 19.9. The first kappa shape index (κ1) is 14.8. The highest BCUT2D eigenvalue weighted by Crippen LogP contribution is 2.41. The summed E-state index contributed by atoms with van der Waals surface area (Å²) in [6, 6.07) is 28.4. The summed E-state index contributed by atoms with van der Waals surface area (Å²) in [4.78, 5) is 4.18. The average Bonchev–Trinajstić information content (AvgIpc) is 2.64. The van der Waals surface area contributed by atoms with Gasteiger partial charge in [0.15, 0.2) is 6.29 Å². The summed E-state index contributed by atoms with van der Waals surface area (Å²) >= 11 is 0. The van der Waals surface area contributed by atoms with E-state index in [1.165, 1.54) is 0 Å². The molecule has 0 saturated carbocycles. The van der Waals surface area contributed by atoms with Crippen molar-refractivity contribution in [3.05, 3.63) is 90.5 Å². The van der Waals surface area contributed by atoms with Crippen molar-refractivity contribution in [3.63, 3.8) is 0 Å². The first-order chi connectivity index (χ1) is 11.8. The highest BCUT2D eigenvalue weighted by Gasteiger charge is 2.35. The second-order valence-electron chi connectivity index (χ2n) is 5.87. The zero-order valence-electron chi connectivity index (χ0n) is 13.3. The van der Waals surface area contributed by atoms with Crippen molar-refractivity contribution in [2.75, 3.05) is 9.80 Å². The van der Waals surface area contributed by atoms with Gasteiger partial charge >= 0.3 is 0 Å². The molecule has 4 nitrogen and oxygen atoms in total. The van der Waals surface area contributed by atoms with Gasteiger partial charge in [0.25, 0.3) is 0 Å². The molecule has 0 bridgehead atoms. The molecule has 0 spiro atoms. The van der Waals surface area contributed by atoms with Crippen LogP contribution in [-0.4, -0.2) is 6.29 Å². The van der Waals surface area contributed by atoms with Crippen molar-refractivity contribution in [1.29, 1.82) is 0 Å². The van der Waals surface area contributed by atoms with Gasteiger partial charge in [-0.1, -0.05) is 54.6 Å². The van der Waals surface area contributed by atoms with E-state index in [0.29, 0.717) is 0 Å². The third-order valence-corrected chi connectivity index (χ3v) is 4.45. The van der Waals surface area contributed by atoms with E-state index in [1.807, 2.05) is 60.7 Å². The van der Waals surface area contributed by atoms with Crippen LogP contribution in [0.2, 0.25) is 0 Å². The molecule has 0 fully saturated rings. The molecule has 0 saturated heterocycles. The monoisotopic (exact) mass is 316 g/mol. The van der Waals surface area contributed by atoms with Crippen LogP contribution < -0.4 is 21.3 Å². The quantitative estimate of drug-likeness (QED) is 0.759. The Balaban J connectivity index is 1.89. The van der Waals surface area contributed by atoms with E-state index in [1.54, 1.807) is 0 Å². The van der Waals surface area contributed by atoms with Crippen LogP contribution in [0.3, 0.4) is 0 Å². The number of nitrogens with zero attached hydrogens (tertiary/aromatic N) is 2. The van der Waals surface area contributed by atoms with Crippen molar-refractivity contribution in [2.45, 2.75) is 12.5 Å². The molecule has 1 heterocycles. The SMILES string of the molecule is NC1c2ccccc2N(c2ccccc2)C(N)N1c1ccccc1. The number of rotatable bonds is 2. The Morgan fingerprint density at radius 1 is 0.625 bits per heavy atom. The van der Waals surface area contributed by atoms with Crippen LogP contribution in [-0.2, 0) is 0 Å². The summed E-state index contributed by atoms with van der Waals surface area (Å²) in [5.74, 6) is 0. The van der Waals surface area contributed by atoms with Gasteiger partial charge in [-0.05, 0) is 30.3 Å². The number of para-hydroxylation sites is 3. The second-order valence-corrected chi connectivity index (χ2v) is 5.87. The molecule has 1 aliphatic rings. The van der Waals surface area contributed by atoms with Crippen LogP contribution in [0.15, 0.2) is 84.9 Å². The van der Waals surface area contributed by atoms with Crippen LogP contribution in [0.5, 0.6) is 0 Å². The summed E-state index contributed by atoms with van der Waals surface area (Å²) in [5, 5.41) is 0. The highest BCUT2D eigenvalue weighted by atomic mass is 15.5. The number of nitrogens with two attached hydrogens (primary N) is 2. The number of hydrogen-bond donors (Lipinski definition) is 2. The maximum atomic E-state index is 6.66. The van der Waals surface area contributed by atoms with Crippen molar-refractivity contribution in [3.8, 4) is 0 Å². The molecule has 0 aliphatic carbocycles. The largest absolute Gasteiger partial charge is 0.319 e. The summed E-state index contributed by atoms with van der Waals surface area (Å²) in [6.07, 6.45) is -0.682. The van der Waals surface area contributed by atoms with Gasteiger partial charge in [-0.25, -0.2) is 0 Å². The second kappa shape index (κ2) is 6.00. The van der Waals surface area contributed by atoms with Gasteiger partial charge in [-0.2, -0.15) is 0 Å². The molecule has 3 aromatic rings. The Bertz CT molecular complexity index is 819. The van der Waals surface area contributed by atoms with Gasteiger partial charge in [-0.15, -0.1) is 0 Å². The topological polar surface area (TPSA) is 58.5 Å². The Labute approximate surface area is 141 Å². The summed E-state index contributed by atoms with van der Waals surface area (Å²) in [7, 11) is 0. The van der Waals surface area contributed by atoms with Gasteiger partial charge < -0.3 is 15.5 Å². The van der Waals surface area contributed by atoms with Crippen molar-refractivity contribution >= 4 is 17.1 Å². The first-order valence-electron chi connectivity index (χ1n) is 8.05. The fourth-order valence-corrected chi connectivity index (χ4v) is 3.33. The molecule has 120 valence electrons. The van der Waals surface area contributed by atoms with Gasteiger partial charge in [0.2, 0.25) is 0 Å². The van der Waals surface area contributed by atoms with E-state index in [2.05, 4.69) is 34.1 Å². The lowest BCUT2D eigenvalue weighted by Gasteiger charge is -2.48. The standard InChI is InChI=1S/C20H20N4/c21-19-17-13-7-8-14-18(17)23(15-9-3-1-4-10-15)20(22)24(19)16-11-5-2-6-12-16/h1-14,19-20H,21-22H2. The lowest BCUT2D eigenvalue weighted by atomic mass is 10.0. The molecule has 1 aliphatic heterocycles. The molecule has 4 heteroatoms. The molecular weight excluding hydrogens is 296 g/mol. The lowest BCUT2D eigenvalue weighted by Crippen LogP contribution is -2.59. The van der Waals surface area contributed by atoms with Crippen LogP contribution >= 0.6 is 0 Å². The van der Waals surface area contributed by atoms with Crippen molar-refractivity contribution in [1.82, 2.24) is 0 Å². The highest BCUT2D eigenvalue weighted by molar-refractivity contribution is 5.73. The lowest BCUT2D eigenvalue weighted by molar-refractivity contribution is 0.512. The number of hydrogen-bond acceptors (Lipinski definition) is 4. The van der Waals surface area contributed by atoms with E-state index in [-0.39, 0.29) is 12.5 Å². The summed E-state index contributed by atoms with van der Waals surface area (Å²) in [6.45, 7) is 0. The van der Waals surface area contributed by atoms with Crippen molar-refractivity contribution < 1.29 is 0 Å². The Morgan fingerprint density at radius 2 is 1.17 bits per heavy atom. The Kier molecular flexibility index (Phi) is 3.69. The first-order valence-corrected chi connectivity index (χ1v) is 8.05. The van der Waals surface area contributed by atoms with Gasteiger partial charge in [0, 0.05) is 16.9 Å². The number of fused-ring (bicyclic) bond motifs is 1. The van der Waals surface area contributed by atoms with Crippen LogP contribution in [0.25, 0.3) is 0 Å². The number of anilines is 3. The van der Waals surface area contributed by atoms with Gasteiger partial charge in [-0.3, -0.25) is 5.73 Å². The molecule has 3 aromatic carbocycles. The third-order valence-electron chi connectivity index (χ3n) is 4.45. The molecule has 4 rings (SSSR count). The van der Waals surface area contributed by atoms with E-state index in [9.17, 15) is 0 Å². The zero-order chi connectivity index (χ0) is 16.5. The minimum atomic E-state index is -0.389. The maximum Gasteiger partial charge on any atom is 0.161 e. The molecule has 2 unspecified atom stereocenters. The fourth-order valence-electron chi connectivity index (χ4n) is 3.33. The van der Waals surface area contributed by atoms with Crippen molar-refractivity contribution in [2.24, 2.45) is 11.5 Å². The van der Waals surface area contributed by atoms with Gasteiger partial charge in [0.1, 0.15) is 6.17 Å². The predicted molar refractivity (Wildman–Crippen MR) is 98.8 cm³/mol. The van der Waals surface area contributed by atoms with E-state index in [0.717, 1.165) is 22.6 Å². The minimum Gasteiger partial charge on any atom is -0.319 e. The summed E-state index contributed by atoms with van der Waals surface area (Å²) < 4.78 is 0. The molecule has 0 amide bonds. The van der Waals surface area contributed by atoms with Crippen LogP contribution in [0.1, 0.15) is 11.7 Å². The van der Waals surface area contributed by atoms with Crippen LogP contribution in [0, 0.1) is 0 Å². The molecular formula is C20H20N4. The van der Waals surface area contributed by atoms with E-state index < -0.39 is 0 Å². The third kappa shape index (κ3) is 2.33. The maximum absolute atomic E-state index is 6.66. The zero-order valence-corrected chi connectivity index (χ0v) is 13.3. The Morgan fingerprint density at radius 3 is 1.83 bits per heavy atom. The molecule has 4 N–H and O–H groups in total. The average molecular weight is 316 g/mol. The van der Waals surface area contributed by atoms with Crippen LogP contribution in [0.4, 0.5) is 17.1 Å². The molecule has 24 heavy (non-hydrogen) atoms. The smallest absolute Gasteiger partial charge is 0.161 e. The van der Waals surface area contributed by atoms with E-state index in [4.69, 9.17) is 11.5 Å². The minimum absolute atomic E-state index is 0.293.